The van der Waals surface area contributed by atoms with Gasteiger partial charge in [-0.3, -0.25) is 0 Å². The Morgan fingerprint density at radius 1 is 0.848 bits per heavy atom. The molecule has 2 rings (SSSR count). The van der Waals surface area contributed by atoms with Crippen LogP contribution in [-0.4, -0.2) is 35.1 Å². The molecule has 0 spiro atoms. The van der Waals surface area contributed by atoms with Gasteiger partial charge < -0.3 is 18.4 Å². The zero-order chi connectivity index (χ0) is 24.7. The largest absolute Gasteiger partial charge is 0.412 e. The summed E-state index contributed by atoms with van der Waals surface area (Å²) in [5.74, 6) is 0. The van der Waals surface area contributed by atoms with E-state index in [0.29, 0.717) is 6.61 Å². The normalized spacial score (nSPS) is 15.6. The molecule has 0 saturated carbocycles. The fourth-order valence-corrected chi connectivity index (χ4v) is 5.81. The first-order valence-electron chi connectivity index (χ1n) is 11.8. The maximum atomic E-state index is 11.7. The summed E-state index contributed by atoms with van der Waals surface area (Å²) in [5.41, 5.74) is 2.13. The first-order chi connectivity index (χ1) is 15.3. The van der Waals surface area contributed by atoms with Crippen LogP contribution in [0.2, 0.25) is 37.8 Å². The molecule has 2 aromatic rings. The van der Waals surface area contributed by atoms with Crippen molar-refractivity contribution in [2.24, 2.45) is 0 Å². The number of carbonyl (C=O) groups is 1. The lowest BCUT2D eigenvalue weighted by Crippen LogP contribution is -2.49. The fourth-order valence-electron chi connectivity index (χ4n) is 3.42. The van der Waals surface area contributed by atoms with Gasteiger partial charge in [-0.05, 0) is 48.9 Å². The molecule has 0 aliphatic carbocycles. The summed E-state index contributed by atoms with van der Waals surface area (Å²) < 4.78 is 20.2. The molecule has 0 amide bonds. The van der Waals surface area contributed by atoms with Crippen molar-refractivity contribution in [3.63, 3.8) is 0 Å². The Hall–Kier alpha value is -1.58. The minimum absolute atomic E-state index is 0.0315. The molecule has 33 heavy (non-hydrogen) atoms. The van der Waals surface area contributed by atoms with E-state index in [0.717, 1.165) is 17.4 Å². The summed E-state index contributed by atoms with van der Waals surface area (Å²) in [7, 11) is -4.12. The van der Waals surface area contributed by atoms with Gasteiger partial charge in [0.05, 0.1) is 18.8 Å². The van der Waals surface area contributed by atoms with Gasteiger partial charge in [-0.15, -0.1) is 0 Å². The zero-order valence-electron chi connectivity index (χ0n) is 21.6. The van der Waals surface area contributed by atoms with Crippen LogP contribution in [0.4, 0.5) is 0 Å². The highest BCUT2D eigenvalue weighted by Crippen LogP contribution is 2.42. The van der Waals surface area contributed by atoms with Crippen LogP contribution in [0.25, 0.3) is 0 Å². The van der Waals surface area contributed by atoms with Gasteiger partial charge in [0.25, 0.3) is 0 Å². The monoisotopic (exact) mass is 486 g/mol. The lowest BCUT2D eigenvalue weighted by atomic mass is 9.98. The van der Waals surface area contributed by atoms with Crippen molar-refractivity contribution in [2.75, 3.05) is 0 Å². The van der Waals surface area contributed by atoms with Crippen molar-refractivity contribution in [1.82, 2.24) is 0 Å². The number of ether oxygens (including phenoxy) is 1. The minimum Gasteiger partial charge on any atom is -0.412 e. The summed E-state index contributed by atoms with van der Waals surface area (Å²) in [4.78, 5) is 11.7. The molecule has 0 aromatic heterocycles. The van der Waals surface area contributed by atoms with Crippen molar-refractivity contribution in [1.29, 1.82) is 0 Å². The molecule has 0 unspecified atom stereocenters. The quantitative estimate of drug-likeness (QED) is 0.236. The Morgan fingerprint density at radius 3 is 1.88 bits per heavy atom. The van der Waals surface area contributed by atoms with E-state index < -0.39 is 22.7 Å². The van der Waals surface area contributed by atoms with Gasteiger partial charge in [-0.2, -0.15) is 0 Å². The van der Waals surface area contributed by atoms with E-state index >= 15 is 0 Å². The van der Waals surface area contributed by atoms with Crippen LogP contribution in [0, 0.1) is 0 Å². The highest BCUT2D eigenvalue weighted by molar-refractivity contribution is 6.74. The predicted molar refractivity (Wildman–Crippen MR) is 141 cm³/mol. The molecule has 0 aliphatic rings. The van der Waals surface area contributed by atoms with E-state index in [1.165, 1.54) is 0 Å². The molecule has 0 fully saturated rings. The van der Waals surface area contributed by atoms with E-state index in [1.807, 2.05) is 36.4 Å². The van der Waals surface area contributed by atoms with Crippen molar-refractivity contribution in [3.8, 4) is 0 Å². The third kappa shape index (κ3) is 8.61. The Balaban J connectivity index is 2.52. The summed E-state index contributed by atoms with van der Waals surface area (Å²) >= 11 is 0. The third-order valence-corrected chi connectivity index (χ3v) is 11.6. The van der Waals surface area contributed by atoms with E-state index in [2.05, 4.69) is 77.8 Å². The topological polar surface area (TPSA) is 44.8 Å². The number of rotatable bonds is 12. The molecule has 6 heteroatoms. The van der Waals surface area contributed by atoms with Crippen LogP contribution in [0.15, 0.2) is 60.7 Å². The maximum absolute atomic E-state index is 11.7. The highest BCUT2D eigenvalue weighted by atomic mass is 28.4. The Morgan fingerprint density at radius 2 is 1.39 bits per heavy atom. The molecule has 0 saturated heterocycles. The van der Waals surface area contributed by atoms with Crippen LogP contribution < -0.4 is 0 Å². The van der Waals surface area contributed by atoms with Crippen LogP contribution in [-0.2, 0) is 25.0 Å². The van der Waals surface area contributed by atoms with Crippen molar-refractivity contribution < 1.29 is 18.4 Å². The van der Waals surface area contributed by atoms with Crippen molar-refractivity contribution in [2.45, 2.75) is 89.9 Å². The fraction of sp³-hybridized carbons (Fsp3) is 0.519. The number of carbonyl (C=O) groups excluding carboxylic acids is 1. The van der Waals surface area contributed by atoms with Crippen LogP contribution in [0.1, 0.15) is 44.4 Å². The molecule has 2 aromatic carbocycles. The lowest BCUT2D eigenvalue weighted by Gasteiger charge is -2.43. The van der Waals surface area contributed by atoms with Crippen LogP contribution in [0.3, 0.4) is 0 Å². The summed E-state index contributed by atoms with van der Waals surface area (Å²) in [5, 5.41) is 0.0315. The Labute approximate surface area is 202 Å². The van der Waals surface area contributed by atoms with Crippen LogP contribution in [0.5, 0.6) is 0 Å². The van der Waals surface area contributed by atoms with Gasteiger partial charge in [-0.25, -0.2) is 0 Å². The molecule has 4 nitrogen and oxygen atoms in total. The molecule has 3 atom stereocenters. The molecular formula is C27H42O4Si2. The maximum Gasteiger partial charge on any atom is 0.193 e. The first-order valence-corrected chi connectivity index (χ1v) is 18.2. The SMILES string of the molecule is CC(C)(C)[Si](C)(C)O[C@H](c1ccccc1)[C@@H](OCc1ccccc1)[C@@H](CC=O)O[Si](C)(C)C. The van der Waals surface area contributed by atoms with Crippen molar-refractivity contribution in [3.05, 3.63) is 71.8 Å². The number of hydrogen-bond acceptors (Lipinski definition) is 4. The number of aldehydes is 1. The van der Waals surface area contributed by atoms with Crippen molar-refractivity contribution >= 4 is 22.9 Å². The number of benzene rings is 2. The Bertz CT molecular complexity index is 842. The van der Waals surface area contributed by atoms with E-state index in [9.17, 15) is 4.79 Å². The summed E-state index contributed by atoms with van der Waals surface area (Å²) in [6.45, 7) is 18.1. The van der Waals surface area contributed by atoms with Crippen LogP contribution >= 0.6 is 0 Å². The first kappa shape index (κ1) is 27.7. The van der Waals surface area contributed by atoms with Gasteiger partial charge in [-0.1, -0.05) is 81.4 Å². The average Bonchev–Trinajstić information content (AvgIpc) is 2.72. The Kier molecular flexibility index (Phi) is 9.82. The van der Waals surface area contributed by atoms with Gasteiger partial charge in [0.2, 0.25) is 0 Å². The standard InChI is InChI=1S/C27H42O4Si2/c1-27(2,3)33(7,8)31-25(23-17-13-10-14-18-23)26(24(19-20-28)30-32(4,5)6)29-21-22-15-11-9-12-16-22/h9-18,20,24-26H,19,21H2,1-8H3/t24-,25-,26+/m1/s1. The smallest absolute Gasteiger partial charge is 0.193 e. The molecular weight excluding hydrogens is 444 g/mol. The second-order valence-corrected chi connectivity index (χ2v) is 20.4. The van der Waals surface area contributed by atoms with Gasteiger partial charge in [0.15, 0.2) is 16.6 Å². The van der Waals surface area contributed by atoms with Gasteiger partial charge in [0, 0.05) is 6.42 Å². The second-order valence-electron chi connectivity index (χ2n) is 11.1. The third-order valence-electron chi connectivity index (χ3n) is 6.14. The predicted octanol–water partition coefficient (Wildman–Crippen LogP) is 7.14. The molecule has 0 bridgehead atoms. The molecule has 182 valence electrons. The van der Waals surface area contributed by atoms with E-state index in [1.54, 1.807) is 0 Å². The minimum atomic E-state index is -2.16. The average molecular weight is 487 g/mol. The molecule has 0 heterocycles. The van der Waals surface area contributed by atoms with Gasteiger partial charge in [0.1, 0.15) is 12.4 Å². The van der Waals surface area contributed by atoms with E-state index in [4.69, 9.17) is 13.6 Å². The number of hydrogen-bond donors (Lipinski definition) is 0. The zero-order valence-corrected chi connectivity index (χ0v) is 23.6. The molecule has 0 aliphatic heterocycles. The molecule has 0 N–H and O–H groups in total. The van der Waals surface area contributed by atoms with Gasteiger partial charge >= 0.3 is 0 Å². The summed E-state index contributed by atoms with van der Waals surface area (Å²) in [6, 6.07) is 20.4. The summed E-state index contributed by atoms with van der Waals surface area (Å²) in [6.07, 6.45) is 0.0787. The second kappa shape index (κ2) is 11.7. The lowest BCUT2D eigenvalue weighted by molar-refractivity contribution is -0.119. The molecule has 0 radical (unpaired) electrons. The highest BCUT2D eigenvalue weighted by Gasteiger charge is 2.44. The van der Waals surface area contributed by atoms with E-state index in [-0.39, 0.29) is 23.7 Å².